The number of carbonyl (C=O) groups is 3. The lowest BCUT2D eigenvalue weighted by Gasteiger charge is -2.20. The predicted molar refractivity (Wildman–Crippen MR) is 73.5 cm³/mol. The smallest absolute Gasteiger partial charge is 0.338 e. The zero-order valence-electron chi connectivity index (χ0n) is 11.7. The second-order valence-corrected chi connectivity index (χ2v) is 5.45. The first-order valence-corrected chi connectivity index (χ1v) is 7.04. The number of hydrogen-bond acceptors (Lipinski definition) is 5. The van der Waals surface area contributed by atoms with Crippen molar-refractivity contribution in [1.29, 1.82) is 0 Å². The van der Waals surface area contributed by atoms with Crippen LogP contribution in [0, 0.1) is 11.8 Å². The first kappa shape index (κ1) is 13.7. The number of hydrogen-bond donors (Lipinski definition) is 0. The van der Waals surface area contributed by atoms with Crippen LogP contribution >= 0.6 is 0 Å². The standard InChI is InChI=1S/C15H16N2O4/c1-21-15(20)11-6-7-16-12(8-11)17(13(18)9-2-3-9)14(19)10-4-5-10/h6-10H,2-5H2,1H3. The van der Waals surface area contributed by atoms with Crippen LogP contribution in [0.15, 0.2) is 18.3 Å². The molecule has 2 amide bonds. The SMILES string of the molecule is COC(=O)c1ccnc(N(C(=O)C2CC2)C(=O)C2CC2)c1. The molecular formula is C15H16N2O4. The van der Waals surface area contributed by atoms with Crippen molar-refractivity contribution in [1.82, 2.24) is 4.98 Å². The van der Waals surface area contributed by atoms with Crippen LogP contribution < -0.4 is 4.90 Å². The van der Waals surface area contributed by atoms with Crippen molar-refractivity contribution in [3.05, 3.63) is 23.9 Å². The van der Waals surface area contributed by atoms with Crippen LogP contribution in [-0.4, -0.2) is 29.9 Å². The lowest BCUT2D eigenvalue weighted by atomic mass is 10.2. The van der Waals surface area contributed by atoms with E-state index in [1.807, 2.05) is 0 Å². The average molecular weight is 288 g/mol. The highest BCUT2D eigenvalue weighted by Crippen LogP contribution is 2.37. The fourth-order valence-electron chi connectivity index (χ4n) is 2.15. The number of methoxy groups -OCH3 is 1. The summed E-state index contributed by atoms with van der Waals surface area (Å²) in [5.41, 5.74) is 0.277. The number of imide groups is 1. The van der Waals surface area contributed by atoms with E-state index in [4.69, 9.17) is 0 Å². The second kappa shape index (κ2) is 5.27. The van der Waals surface area contributed by atoms with E-state index in [2.05, 4.69) is 9.72 Å². The Labute approximate surface area is 122 Å². The normalized spacial score (nSPS) is 17.2. The monoisotopic (exact) mass is 288 g/mol. The second-order valence-electron chi connectivity index (χ2n) is 5.45. The third-order valence-electron chi connectivity index (χ3n) is 3.69. The molecule has 2 aliphatic rings. The first-order valence-electron chi connectivity index (χ1n) is 7.04. The zero-order valence-corrected chi connectivity index (χ0v) is 11.7. The zero-order chi connectivity index (χ0) is 15.0. The van der Waals surface area contributed by atoms with Crippen molar-refractivity contribution < 1.29 is 19.1 Å². The van der Waals surface area contributed by atoms with Crippen LogP contribution in [0.3, 0.4) is 0 Å². The summed E-state index contributed by atoms with van der Waals surface area (Å²) in [6.45, 7) is 0. The van der Waals surface area contributed by atoms with Gasteiger partial charge in [-0.15, -0.1) is 0 Å². The van der Waals surface area contributed by atoms with Gasteiger partial charge in [-0.3, -0.25) is 9.59 Å². The Morgan fingerprint density at radius 3 is 2.19 bits per heavy atom. The Morgan fingerprint density at radius 2 is 1.71 bits per heavy atom. The minimum atomic E-state index is -0.517. The third-order valence-corrected chi connectivity index (χ3v) is 3.69. The number of pyridine rings is 1. The summed E-state index contributed by atoms with van der Waals surface area (Å²) in [5, 5.41) is 0. The van der Waals surface area contributed by atoms with Crippen LogP contribution in [0.2, 0.25) is 0 Å². The van der Waals surface area contributed by atoms with Crippen LogP contribution in [0.4, 0.5) is 5.82 Å². The molecule has 2 fully saturated rings. The van der Waals surface area contributed by atoms with Crippen LogP contribution in [-0.2, 0) is 14.3 Å². The van der Waals surface area contributed by atoms with E-state index in [1.165, 1.54) is 25.4 Å². The molecule has 0 atom stereocenters. The molecule has 0 unspecified atom stereocenters. The van der Waals surface area contributed by atoms with Gasteiger partial charge in [0.15, 0.2) is 0 Å². The summed E-state index contributed by atoms with van der Waals surface area (Å²) in [6.07, 6.45) is 4.65. The highest BCUT2D eigenvalue weighted by atomic mass is 16.5. The van der Waals surface area contributed by atoms with Gasteiger partial charge in [-0.05, 0) is 37.8 Å². The lowest BCUT2D eigenvalue weighted by Crippen LogP contribution is -2.39. The molecule has 6 heteroatoms. The van der Waals surface area contributed by atoms with Gasteiger partial charge in [0, 0.05) is 18.0 Å². The summed E-state index contributed by atoms with van der Waals surface area (Å²) in [4.78, 5) is 41.6. The van der Waals surface area contributed by atoms with Gasteiger partial charge in [0.25, 0.3) is 0 Å². The third kappa shape index (κ3) is 2.79. The van der Waals surface area contributed by atoms with E-state index in [1.54, 1.807) is 0 Å². The predicted octanol–water partition coefficient (Wildman–Crippen LogP) is 1.55. The number of amides is 2. The Hall–Kier alpha value is -2.24. The van der Waals surface area contributed by atoms with E-state index in [0.717, 1.165) is 30.6 Å². The van der Waals surface area contributed by atoms with E-state index >= 15 is 0 Å². The van der Waals surface area contributed by atoms with Crippen molar-refractivity contribution in [2.24, 2.45) is 11.8 Å². The number of nitrogens with zero attached hydrogens (tertiary/aromatic N) is 2. The lowest BCUT2D eigenvalue weighted by molar-refractivity contribution is -0.127. The van der Waals surface area contributed by atoms with Crippen molar-refractivity contribution in [3.8, 4) is 0 Å². The van der Waals surface area contributed by atoms with Gasteiger partial charge in [0.2, 0.25) is 11.8 Å². The maximum Gasteiger partial charge on any atom is 0.338 e. The Balaban J connectivity index is 1.93. The molecule has 1 aromatic rings. The largest absolute Gasteiger partial charge is 0.465 e. The summed E-state index contributed by atoms with van der Waals surface area (Å²) < 4.78 is 4.66. The summed E-state index contributed by atoms with van der Waals surface area (Å²) in [5.74, 6) is -0.890. The van der Waals surface area contributed by atoms with E-state index in [9.17, 15) is 14.4 Å². The molecular weight excluding hydrogens is 272 g/mol. The van der Waals surface area contributed by atoms with Crippen LogP contribution in [0.25, 0.3) is 0 Å². The van der Waals surface area contributed by atoms with Crippen LogP contribution in [0.1, 0.15) is 36.0 Å². The first-order chi connectivity index (χ1) is 10.1. The molecule has 0 bridgehead atoms. The molecule has 0 saturated heterocycles. The number of carbonyl (C=O) groups excluding carboxylic acids is 3. The molecule has 0 N–H and O–H groups in total. The molecule has 0 spiro atoms. The number of rotatable bonds is 4. The summed E-state index contributed by atoms with van der Waals surface area (Å²) in [6, 6.07) is 2.93. The molecule has 0 aromatic carbocycles. The van der Waals surface area contributed by atoms with Gasteiger partial charge < -0.3 is 4.74 Å². The highest BCUT2D eigenvalue weighted by molar-refractivity contribution is 6.17. The topological polar surface area (TPSA) is 76.6 Å². The van der Waals surface area contributed by atoms with Crippen molar-refractivity contribution >= 4 is 23.6 Å². The number of anilines is 1. The van der Waals surface area contributed by atoms with E-state index < -0.39 is 5.97 Å². The van der Waals surface area contributed by atoms with Crippen molar-refractivity contribution in [2.45, 2.75) is 25.7 Å². The maximum atomic E-state index is 12.4. The summed E-state index contributed by atoms with van der Waals surface area (Å²) >= 11 is 0. The minimum Gasteiger partial charge on any atom is -0.465 e. The molecule has 6 nitrogen and oxygen atoms in total. The molecule has 2 aliphatic carbocycles. The highest BCUT2D eigenvalue weighted by Gasteiger charge is 2.42. The molecule has 21 heavy (non-hydrogen) atoms. The number of esters is 1. The number of aromatic nitrogens is 1. The molecule has 0 radical (unpaired) electrons. The van der Waals surface area contributed by atoms with Gasteiger partial charge in [-0.1, -0.05) is 0 Å². The Morgan fingerprint density at radius 1 is 1.14 bits per heavy atom. The molecule has 2 saturated carbocycles. The van der Waals surface area contributed by atoms with Gasteiger partial charge in [0.1, 0.15) is 5.82 Å². The maximum absolute atomic E-state index is 12.4. The molecule has 0 aliphatic heterocycles. The van der Waals surface area contributed by atoms with Crippen molar-refractivity contribution in [3.63, 3.8) is 0 Å². The fraction of sp³-hybridized carbons (Fsp3) is 0.467. The Bertz CT molecular complexity index is 581. The summed E-state index contributed by atoms with van der Waals surface area (Å²) in [7, 11) is 1.28. The van der Waals surface area contributed by atoms with Gasteiger partial charge in [-0.25, -0.2) is 14.7 Å². The van der Waals surface area contributed by atoms with Gasteiger partial charge in [0.05, 0.1) is 12.7 Å². The average Bonchev–Trinajstić information content (AvgIpc) is 3.39. The minimum absolute atomic E-state index is 0.0868. The van der Waals surface area contributed by atoms with Gasteiger partial charge >= 0.3 is 5.97 Å². The number of ether oxygens (including phenoxy) is 1. The van der Waals surface area contributed by atoms with Crippen LogP contribution in [0.5, 0.6) is 0 Å². The fourth-order valence-corrected chi connectivity index (χ4v) is 2.15. The van der Waals surface area contributed by atoms with E-state index in [0.29, 0.717) is 0 Å². The van der Waals surface area contributed by atoms with Gasteiger partial charge in [-0.2, -0.15) is 0 Å². The quantitative estimate of drug-likeness (QED) is 0.620. The van der Waals surface area contributed by atoms with Crippen molar-refractivity contribution in [2.75, 3.05) is 12.0 Å². The molecule has 1 heterocycles. The molecule has 1 aromatic heterocycles. The Kier molecular flexibility index (Phi) is 3.45. The molecule has 110 valence electrons. The molecule has 3 rings (SSSR count). The van der Waals surface area contributed by atoms with E-state index in [-0.39, 0.29) is 35.0 Å².